The lowest BCUT2D eigenvalue weighted by Gasteiger charge is -2.21. The van der Waals surface area contributed by atoms with Crippen molar-refractivity contribution in [2.45, 2.75) is 56.1 Å². The second-order valence-corrected chi connectivity index (χ2v) is 13.0. The van der Waals surface area contributed by atoms with E-state index in [1.165, 1.54) is 42.4 Å². The minimum Gasteiger partial charge on any atom is -0.494 e. The summed E-state index contributed by atoms with van der Waals surface area (Å²) in [5, 5.41) is 9.50. The number of anilines is 1. The summed E-state index contributed by atoms with van der Waals surface area (Å²) in [6.45, 7) is 2.24. The highest BCUT2D eigenvalue weighted by molar-refractivity contribution is 8.00. The van der Waals surface area contributed by atoms with Gasteiger partial charge in [0.15, 0.2) is 0 Å². The van der Waals surface area contributed by atoms with Gasteiger partial charge in [-0.25, -0.2) is 4.79 Å². The molecule has 50 heavy (non-hydrogen) atoms. The minimum atomic E-state index is -2.71. The van der Waals surface area contributed by atoms with Crippen LogP contribution in [0.5, 0.6) is 11.5 Å². The summed E-state index contributed by atoms with van der Waals surface area (Å²) in [6, 6.07) is 25.7. The molecule has 0 fully saturated rings. The largest absolute Gasteiger partial charge is 0.494 e. The van der Waals surface area contributed by atoms with Crippen molar-refractivity contribution >= 4 is 44.7 Å². The number of ether oxygens (including phenoxy) is 2. The quantitative estimate of drug-likeness (QED) is 0.0322. The molecule has 2 N–H and O–H groups in total. The molecule has 4 rings (SSSR count). The van der Waals surface area contributed by atoms with Crippen molar-refractivity contribution in [3.63, 3.8) is 0 Å². The third-order valence-corrected chi connectivity index (χ3v) is 8.82. The molecule has 0 heterocycles. The summed E-state index contributed by atoms with van der Waals surface area (Å²) in [5.41, 5.74) is -0.959. The summed E-state index contributed by atoms with van der Waals surface area (Å²) in [5.74, 6) is -1.26. The van der Waals surface area contributed by atoms with Crippen LogP contribution >= 0.6 is 21.2 Å². The Morgan fingerprint density at radius 3 is 2.16 bits per heavy atom. The van der Waals surface area contributed by atoms with Crippen LogP contribution in [-0.2, 0) is 21.9 Å². The number of carboxylic acids is 1. The number of carboxylic acid groups (broad SMARTS) is 1. The first-order valence-corrected chi connectivity index (χ1v) is 17.4. The Morgan fingerprint density at radius 2 is 1.50 bits per heavy atom. The van der Waals surface area contributed by atoms with Gasteiger partial charge in [0.1, 0.15) is 18.0 Å². The highest BCUT2D eigenvalue weighted by Gasteiger charge is 2.31. The number of nitrogens with zero attached hydrogens (tertiary/aromatic N) is 1. The number of rotatable bonds is 19. The summed E-state index contributed by atoms with van der Waals surface area (Å²) in [4.78, 5) is 42.7. The first-order chi connectivity index (χ1) is 24.1. The number of nitrogens with one attached hydrogen (secondary N) is 1. The Hall–Kier alpha value is -4.51. The zero-order valence-corrected chi connectivity index (χ0v) is 29.5. The van der Waals surface area contributed by atoms with Crippen molar-refractivity contribution in [2.24, 2.45) is 0 Å². The molecule has 0 saturated carbocycles. The van der Waals surface area contributed by atoms with Crippen LogP contribution in [0, 0.1) is 0 Å². The summed E-state index contributed by atoms with van der Waals surface area (Å²) in [6.07, 6.45) is 5.72. The molecule has 1 amide bonds. The van der Waals surface area contributed by atoms with Gasteiger partial charge in [-0.2, -0.15) is 4.39 Å². The topological polar surface area (TPSA) is 114 Å². The number of carbonyl (C=O) groups excluding carboxylic acids is 2. The molecule has 13 heteroatoms. The van der Waals surface area contributed by atoms with Gasteiger partial charge < -0.3 is 24.2 Å². The average molecular weight is 725 g/mol. The summed E-state index contributed by atoms with van der Waals surface area (Å²) in [7, 11) is 1.68. The van der Waals surface area contributed by atoms with Crippen LogP contribution in [0.25, 0.3) is 0 Å². The van der Waals surface area contributed by atoms with Crippen molar-refractivity contribution in [2.75, 3.05) is 17.9 Å². The second kappa shape index (κ2) is 19.0. The van der Waals surface area contributed by atoms with E-state index in [0.29, 0.717) is 34.1 Å². The van der Waals surface area contributed by atoms with E-state index in [1.54, 1.807) is 88.1 Å². The molecule has 0 aliphatic carbocycles. The maximum Gasteiger partial charge on any atom is 0.343 e. The fourth-order valence-corrected chi connectivity index (χ4v) is 6.04. The fourth-order valence-electron chi connectivity index (χ4n) is 4.85. The Kier molecular flexibility index (Phi) is 14.6. The van der Waals surface area contributed by atoms with Gasteiger partial charge in [-0.3, -0.25) is 9.59 Å². The van der Waals surface area contributed by atoms with Crippen molar-refractivity contribution in [1.29, 1.82) is 0 Å². The number of esters is 1. The van der Waals surface area contributed by atoms with Gasteiger partial charge in [0.2, 0.25) is 0 Å². The number of hydrogen-bond donors (Lipinski definition) is 2. The molecule has 0 aromatic heterocycles. The Labute approximate surface area is 296 Å². The molecule has 0 spiro atoms. The Morgan fingerprint density at radius 1 is 0.860 bits per heavy atom. The van der Waals surface area contributed by atoms with Crippen LogP contribution < -0.4 is 14.2 Å². The third kappa shape index (κ3) is 11.5. The number of benzene rings is 4. The van der Waals surface area contributed by atoms with E-state index >= 15 is 0 Å². The first kappa shape index (κ1) is 38.3. The van der Waals surface area contributed by atoms with E-state index in [2.05, 4.69) is 16.6 Å². The van der Waals surface area contributed by atoms with E-state index in [4.69, 9.17) is 9.47 Å². The maximum atomic E-state index is 14.4. The van der Waals surface area contributed by atoms with Crippen molar-refractivity contribution in [3.8, 4) is 11.5 Å². The molecule has 9 nitrogen and oxygen atoms in total. The van der Waals surface area contributed by atoms with Gasteiger partial charge in [-0.15, -0.1) is 4.94 Å². The van der Waals surface area contributed by atoms with Gasteiger partial charge in [0, 0.05) is 28.3 Å². The van der Waals surface area contributed by atoms with Crippen molar-refractivity contribution in [1.82, 2.24) is 4.90 Å². The number of halogens is 2. The Balaban J connectivity index is 1.32. The molecule has 264 valence electrons. The van der Waals surface area contributed by atoms with Crippen LogP contribution in [0.1, 0.15) is 70.9 Å². The smallest absolute Gasteiger partial charge is 0.343 e. The van der Waals surface area contributed by atoms with Crippen LogP contribution in [-0.4, -0.2) is 41.0 Å². The zero-order chi connectivity index (χ0) is 35.9. The normalized spacial score (nSPS) is 12.1. The summed E-state index contributed by atoms with van der Waals surface area (Å²) >= 11 is 1.02. The third-order valence-electron chi connectivity index (χ3n) is 7.50. The van der Waals surface area contributed by atoms with Gasteiger partial charge in [0.05, 0.1) is 12.2 Å². The van der Waals surface area contributed by atoms with Gasteiger partial charge in [-0.05, 0) is 95.2 Å². The number of carbonyl (C=O) groups is 3. The van der Waals surface area contributed by atoms with Crippen LogP contribution in [0.4, 0.5) is 14.6 Å². The number of alkyl halides is 1. The van der Waals surface area contributed by atoms with E-state index in [0.717, 1.165) is 24.8 Å². The number of hydrogen-bond acceptors (Lipinski definition) is 8. The predicted molar refractivity (Wildman–Crippen MR) is 192 cm³/mol. The van der Waals surface area contributed by atoms with Gasteiger partial charge in [-0.1, -0.05) is 72.2 Å². The molecular formula is C37H39F2N2O7PS. The first-order valence-electron chi connectivity index (χ1n) is 16.0. The molecule has 0 aliphatic rings. The highest BCUT2D eigenvalue weighted by atomic mass is 32.2. The molecule has 2 unspecified atom stereocenters. The molecule has 2 atom stereocenters. The number of aliphatic carboxylic acids is 1. The standard InChI is InChI=1S/C37H39F2N2O7PS/c1-2-3-4-5-8-23-46-30-21-15-28(16-22-30)36(45)47-31-19-11-26(12-20-31)24-41(25-34(42)43)35(44)27-13-17-29(18-14-27)40-50-33-10-7-6-9-32(33)37(38,49)48-39/h6-7,9-22,40H,2-5,8,23-25,49H2,1H3,(H,42,43). The molecule has 0 aliphatic heterocycles. The monoisotopic (exact) mass is 724 g/mol. The predicted octanol–water partition coefficient (Wildman–Crippen LogP) is 8.96. The second-order valence-electron chi connectivity index (χ2n) is 11.4. The summed E-state index contributed by atoms with van der Waals surface area (Å²) < 4.78 is 41.5. The maximum absolute atomic E-state index is 14.4. The van der Waals surface area contributed by atoms with E-state index in [1.807, 2.05) is 0 Å². The lowest BCUT2D eigenvalue weighted by Crippen LogP contribution is -2.35. The molecule has 4 aromatic rings. The van der Waals surface area contributed by atoms with E-state index in [9.17, 15) is 28.4 Å². The van der Waals surface area contributed by atoms with Crippen LogP contribution in [0.2, 0.25) is 0 Å². The zero-order valence-electron chi connectivity index (χ0n) is 27.5. The van der Waals surface area contributed by atoms with Crippen LogP contribution in [0.15, 0.2) is 102 Å². The van der Waals surface area contributed by atoms with Crippen molar-refractivity contribution in [3.05, 3.63) is 119 Å². The lowest BCUT2D eigenvalue weighted by molar-refractivity contribution is -0.253. The lowest BCUT2D eigenvalue weighted by atomic mass is 10.1. The molecular weight excluding hydrogens is 685 g/mol. The van der Waals surface area contributed by atoms with E-state index < -0.39 is 30.0 Å². The van der Waals surface area contributed by atoms with Crippen LogP contribution in [0.3, 0.4) is 0 Å². The van der Waals surface area contributed by atoms with Gasteiger partial charge in [0.25, 0.3) is 11.5 Å². The van der Waals surface area contributed by atoms with Gasteiger partial charge >= 0.3 is 11.9 Å². The SMILES string of the molecule is CCCCCCCOc1ccc(C(=O)Oc2ccc(CN(CC(=O)O)C(=O)c3ccc(NSc4ccccc4C(F)(P)OF)cc3)cc2)cc1. The number of amides is 1. The fraction of sp³-hybridized carbons (Fsp3) is 0.270. The van der Waals surface area contributed by atoms with Crippen molar-refractivity contribution < 1.29 is 42.8 Å². The number of unbranched alkanes of at least 4 members (excludes halogenated alkanes) is 4. The van der Waals surface area contributed by atoms with E-state index in [-0.39, 0.29) is 23.4 Å². The molecule has 0 radical (unpaired) electrons. The Bertz CT molecular complexity index is 1710. The minimum absolute atomic E-state index is 0.0112. The molecule has 0 saturated heterocycles. The average Bonchev–Trinajstić information content (AvgIpc) is 3.12. The highest BCUT2D eigenvalue weighted by Crippen LogP contribution is 2.40. The molecule has 4 aromatic carbocycles. The molecule has 0 bridgehead atoms.